The van der Waals surface area contributed by atoms with E-state index in [1.54, 1.807) is 11.0 Å². The first-order valence-corrected chi connectivity index (χ1v) is 7.08. The van der Waals surface area contributed by atoms with Gasteiger partial charge in [-0.1, -0.05) is 36.8 Å². The van der Waals surface area contributed by atoms with Crippen LogP contribution < -0.4 is 10.6 Å². The number of hydrogen-bond donors (Lipinski definition) is 2. The van der Waals surface area contributed by atoms with Crippen molar-refractivity contribution < 1.29 is 0 Å². The summed E-state index contributed by atoms with van der Waals surface area (Å²) in [6, 6.07) is 8.37. The van der Waals surface area contributed by atoms with E-state index in [2.05, 4.69) is 58.8 Å². The average molecular weight is 289 g/mol. The van der Waals surface area contributed by atoms with Gasteiger partial charge in [-0.05, 0) is 31.1 Å². The second-order valence-electron chi connectivity index (χ2n) is 4.63. The van der Waals surface area contributed by atoms with Crippen LogP contribution in [-0.4, -0.2) is 26.4 Å². The first kappa shape index (κ1) is 14.5. The third-order valence-electron chi connectivity index (χ3n) is 2.76. The predicted octanol–water partition coefficient (Wildman–Crippen LogP) is 2.33. The molecule has 0 saturated carbocycles. The van der Waals surface area contributed by atoms with Gasteiger partial charge >= 0.3 is 0 Å². The average Bonchev–Trinajstić information content (AvgIpc) is 2.86. The maximum Gasteiger partial charge on any atom is 0.248 e. The monoisotopic (exact) mass is 289 g/mol. The number of thiocarbonyl (C=S) groups is 1. The second kappa shape index (κ2) is 7.00. The molecular weight excluding hydrogens is 270 g/mol. The maximum absolute atomic E-state index is 5.14. The number of aryl methyl sites for hydroxylation is 1. The molecule has 0 amide bonds. The third kappa shape index (κ3) is 4.31. The zero-order chi connectivity index (χ0) is 14.4. The van der Waals surface area contributed by atoms with Crippen molar-refractivity contribution in [2.24, 2.45) is 0 Å². The molecule has 0 aliphatic heterocycles. The van der Waals surface area contributed by atoms with Gasteiger partial charge in [-0.25, -0.2) is 9.67 Å². The van der Waals surface area contributed by atoms with Crippen LogP contribution in [0, 0.1) is 6.92 Å². The normalized spacial score (nSPS) is 10.3. The van der Waals surface area contributed by atoms with E-state index in [1.165, 1.54) is 11.1 Å². The minimum Gasteiger partial charge on any atom is -0.362 e. The summed E-state index contributed by atoms with van der Waals surface area (Å²) < 4.78 is 1.79. The Morgan fingerprint density at radius 3 is 2.75 bits per heavy atom. The van der Waals surface area contributed by atoms with Gasteiger partial charge in [0.2, 0.25) is 5.95 Å². The van der Waals surface area contributed by atoms with Crippen LogP contribution in [-0.2, 0) is 6.54 Å². The molecule has 0 saturated heterocycles. The van der Waals surface area contributed by atoms with Crippen LogP contribution in [0.4, 0.5) is 5.95 Å². The van der Waals surface area contributed by atoms with Gasteiger partial charge in [0, 0.05) is 6.54 Å². The third-order valence-corrected chi connectivity index (χ3v) is 3.01. The molecule has 1 aromatic carbocycles. The van der Waals surface area contributed by atoms with Crippen molar-refractivity contribution in [3.8, 4) is 0 Å². The van der Waals surface area contributed by atoms with Crippen molar-refractivity contribution >= 4 is 23.3 Å². The van der Waals surface area contributed by atoms with Gasteiger partial charge in [0.15, 0.2) is 5.11 Å². The highest BCUT2D eigenvalue weighted by Gasteiger charge is 2.03. The summed E-state index contributed by atoms with van der Waals surface area (Å²) in [5.41, 5.74) is 2.45. The Hall–Kier alpha value is -1.95. The first-order valence-electron chi connectivity index (χ1n) is 6.67. The van der Waals surface area contributed by atoms with E-state index in [4.69, 9.17) is 12.2 Å². The fraction of sp³-hybridized carbons (Fsp3) is 0.357. The van der Waals surface area contributed by atoms with E-state index in [0.717, 1.165) is 13.0 Å². The van der Waals surface area contributed by atoms with Crippen molar-refractivity contribution in [3.05, 3.63) is 41.7 Å². The summed E-state index contributed by atoms with van der Waals surface area (Å²) in [5.74, 6) is 0.519. The molecule has 6 heteroatoms. The fourth-order valence-electron chi connectivity index (χ4n) is 1.69. The van der Waals surface area contributed by atoms with Crippen LogP contribution in [0.25, 0.3) is 0 Å². The SMILES string of the molecule is CCCNC(=S)Nc1ncn(Cc2ccc(C)cc2)n1. The summed E-state index contributed by atoms with van der Waals surface area (Å²) in [5, 5.41) is 10.9. The Kier molecular flexibility index (Phi) is 5.06. The van der Waals surface area contributed by atoms with Crippen molar-refractivity contribution in [3.63, 3.8) is 0 Å². The molecule has 0 radical (unpaired) electrons. The van der Waals surface area contributed by atoms with Gasteiger partial charge in [0.25, 0.3) is 0 Å². The zero-order valence-electron chi connectivity index (χ0n) is 11.8. The number of benzene rings is 1. The lowest BCUT2D eigenvalue weighted by molar-refractivity contribution is 0.687. The number of nitrogens with zero attached hydrogens (tertiary/aromatic N) is 3. The Bertz CT molecular complexity index is 561. The molecule has 2 rings (SSSR count). The summed E-state index contributed by atoms with van der Waals surface area (Å²) in [4.78, 5) is 4.19. The maximum atomic E-state index is 5.14. The standard InChI is InChI=1S/C14H19N5S/c1-3-8-15-14(20)17-13-16-10-19(18-13)9-12-6-4-11(2)5-7-12/h4-7,10H,3,8-9H2,1-2H3,(H2,15,17,18,20). The van der Waals surface area contributed by atoms with Gasteiger partial charge in [-0.15, -0.1) is 5.10 Å². The minimum absolute atomic E-state index is 0.519. The lowest BCUT2D eigenvalue weighted by atomic mass is 10.1. The molecule has 0 bridgehead atoms. The summed E-state index contributed by atoms with van der Waals surface area (Å²) in [6.45, 7) is 5.70. The Morgan fingerprint density at radius 1 is 1.30 bits per heavy atom. The minimum atomic E-state index is 0.519. The van der Waals surface area contributed by atoms with Gasteiger partial charge < -0.3 is 5.32 Å². The summed E-state index contributed by atoms with van der Waals surface area (Å²) in [7, 11) is 0. The molecule has 106 valence electrons. The number of aromatic nitrogens is 3. The van der Waals surface area contributed by atoms with Crippen molar-refractivity contribution in [2.75, 3.05) is 11.9 Å². The molecule has 2 N–H and O–H groups in total. The van der Waals surface area contributed by atoms with E-state index in [9.17, 15) is 0 Å². The van der Waals surface area contributed by atoms with Gasteiger partial charge in [-0.2, -0.15) is 0 Å². The highest BCUT2D eigenvalue weighted by Crippen LogP contribution is 2.06. The smallest absolute Gasteiger partial charge is 0.248 e. The molecule has 0 aliphatic carbocycles. The molecular formula is C14H19N5S. The highest BCUT2D eigenvalue weighted by atomic mass is 32.1. The van der Waals surface area contributed by atoms with Crippen molar-refractivity contribution in [1.29, 1.82) is 0 Å². The molecule has 0 aliphatic rings. The van der Waals surface area contributed by atoms with E-state index in [1.807, 2.05) is 0 Å². The Morgan fingerprint density at radius 2 is 2.05 bits per heavy atom. The predicted molar refractivity (Wildman–Crippen MR) is 84.8 cm³/mol. The van der Waals surface area contributed by atoms with Crippen LogP contribution in [0.2, 0.25) is 0 Å². The topological polar surface area (TPSA) is 54.8 Å². The van der Waals surface area contributed by atoms with Crippen LogP contribution in [0.3, 0.4) is 0 Å². The van der Waals surface area contributed by atoms with E-state index >= 15 is 0 Å². The molecule has 0 fully saturated rings. The van der Waals surface area contributed by atoms with Crippen LogP contribution >= 0.6 is 12.2 Å². The quantitative estimate of drug-likeness (QED) is 0.827. The van der Waals surface area contributed by atoms with Crippen LogP contribution in [0.1, 0.15) is 24.5 Å². The lowest BCUT2D eigenvalue weighted by Crippen LogP contribution is -2.29. The zero-order valence-corrected chi connectivity index (χ0v) is 12.6. The van der Waals surface area contributed by atoms with Gasteiger partial charge in [-0.3, -0.25) is 5.32 Å². The van der Waals surface area contributed by atoms with Gasteiger partial charge in [0.1, 0.15) is 6.33 Å². The second-order valence-corrected chi connectivity index (χ2v) is 5.04. The Labute approximate surface area is 124 Å². The number of anilines is 1. The molecule has 1 heterocycles. The molecule has 0 atom stereocenters. The first-order chi connectivity index (χ1) is 9.67. The van der Waals surface area contributed by atoms with E-state index in [-0.39, 0.29) is 0 Å². The molecule has 2 aromatic rings. The molecule has 5 nitrogen and oxygen atoms in total. The molecule has 20 heavy (non-hydrogen) atoms. The molecule has 0 spiro atoms. The van der Waals surface area contributed by atoms with Gasteiger partial charge in [0.05, 0.1) is 6.54 Å². The largest absolute Gasteiger partial charge is 0.362 e. The van der Waals surface area contributed by atoms with Crippen molar-refractivity contribution in [1.82, 2.24) is 20.1 Å². The van der Waals surface area contributed by atoms with Crippen LogP contribution in [0.15, 0.2) is 30.6 Å². The van der Waals surface area contributed by atoms with E-state index < -0.39 is 0 Å². The van der Waals surface area contributed by atoms with Crippen molar-refractivity contribution in [2.45, 2.75) is 26.8 Å². The highest BCUT2D eigenvalue weighted by molar-refractivity contribution is 7.80. The molecule has 0 unspecified atom stereocenters. The summed E-state index contributed by atoms with van der Waals surface area (Å²) in [6.07, 6.45) is 2.72. The number of hydrogen-bond acceptors (Lipinski definition) is 3. The number of rotatable bonds is 5. The van der Waals surface area contributed by atoms with E-state index in [0.29, 0.717) is 17.6 Å². The molecule has 1 aromatic heterocycles. The fourth-order valence-corrected chi connectivity index (χ4v) is 1.89. The lowest BCUT2D eigenvalue weighted by Gasteiger charge is -2.05. The van der Waals surface area contributed by atoms with Crippen LogP contribution in [0.5, 0.6) is 0 Å². The summed E-state index contributed by atoms with van der Waals surface area (Å²) >= 11 is 5.14. The number of nitrogens with one attached hydrogen (secondary N) is 2. The Balaban J connectivity index is 1.91.